The van der Waals surface area contributed by atoms with Crippen molar-refractivity contribution in [2.45, 2.75) is 0 Å². The second kappa shape index (κ2) is 5.51. The Hall–Kier alpha value is -0.370. The highest BCUT2D eigenvalue weighted by Crippen LogP contribution is 2.19. The third kappa shape index (κ3) is 3.09. The second-order valence-corrected chi connectivity index (χ2v) is 7.05. The first kappa shape index (κ1) is 13.1. The number of anilines is 1. The van der Waals surface area contributed by atoms with Gasteiger partial charge in [-0.25, -0.2) is 13.4 Å². The average molecular weight is 296 g/mol. The summed E-state index contributed by atoms with van der Waals surface area (Å²) in [6, 6.07) is 0. The van der Waals surface area contributed by atoms with Gasteiger partial charge in [-0.2, -0.15) is 4.31 Å². The molecule has 17 heavy (non-hydrogen) atoms. The third-order valence-electron chi connectivity index (χ3n) is 2.66. The molecule has 1 aromatic heterocycles. The first-order valence-electron chi connectivity index (χ1n) is 5.32. The van der Waals surface area contributed by atoms with Crippen molar-refractivity contribution in [3.63, 3.8) is 0 Å². The van der Waals surface area contributed by atoms with E-state index in [1.54, 1.807) is 17.5 Å². The van der Waals surface area contributed by atoms with E-state index in [9.17, 15) is 8.42 Å². The monoisotopic (exact) mass is 295 g/mol. The van der Waals surface area contributed by atoms with Gasteiger partial charge in [-0.05, 0) is 0 Å². The summed E-state index contributed by atoms with van der Waals surface area (Å²) >= 11 is 7.06. The molecule has 0 saturated carbocycles. The van der Waals surface area contributed by atoms with Crippen molar-refractivity contribution in [3.05, 3.63) is 11.6 Å². The molecule has 0 N–H and O–H groups in total. The Morgan fingerprint density at radius 3 is 2.59 bits per heavy atom. The highest BCUT2D eigenvalue weighted by Gasteiger charge is 2.26. The molecule has 0 aliphatic carbocycles. The van der Waals surface area contributed by atoms with E-state index in [4.69, 9.17) is 11.6 Å². The van der Waals surface area contributed by atoms with Crippen LogP contribution in [0.4, 0.5) is 5.13 Å². The van der Waals surface area contributed by atoms with Crippen molar-refractivity contribution in [2.24, 2.45) is 0 Å². The number of alkyl halides is 1. The molecule has 0 amide bonds. The van der Waals surface area contributed by atoms with Crippen molar-refractivity contribution in [3.8, 4) is 0 Å². The summed E-state index contributed by atoms with van der Waals surface area (Å²) in [5.41, 5.74) is 0. The maximum Gasteiger partial charge on any atom is 0.215 e. The fourth-order valence-electron chi connectivity index (χ4n) is 1.76. The van der Waals surface area contributed by atoms with Crippen LogP contribution in [0.25, 0.3) is 0 Å². The maximum atomic E-state index is 11.8. The summed E-state index contributed by atoms with van der Waals surface area (Å²) in [6.07, 6.45) is 1.76. The number of piperazine rings is 1. The highest BCUT2D eigenvalue weighted by atomic mass is 35.5. The fraction of sp³-hybridized carbons (Fsp3) is 0.667. The molecule has 1 saturated heterocycles. The largest absolute Gasteiger partial charge is 0.345 e. The molecule has 5 nitrogen and oxygen atoms in total. The van der Waals surface area contributed by atoms with Gasteiger partial charge in [-0.3, -0.25) is 0 Å². The third-order valence-corrected chi connectivity index (χ3v) is 5.77. The van der Waals surface area contributed by atoms with E-state index in [0.29, 0.717) is 26.2 Å². The molecule has 2 heterocycles. The summed E-state index contributed by atoms with van der Waals surface area (Å²) in [7, 11) is -3.17. The van der Waals surface area contributed by atoms with Crippen LogP contribution in [0, 0.1) is 0 Å². The van der Waals surface area contributed by atoms with E-state index in [1.165, 1.54) is 4.31 Å². The van der Waals surface area contributed by atoms with E-state index in [2.05, 4.69) is 9.88 Å². The molecular weight excluding hydrogens is 282 g/mol. The zero-order valence-corrected chi connectivity index (χ0v) is 11.6. The molecule has 0 unspecified atom stereocenters. The Kier molecular flexibility index (Phi) is 4.24. The molecule has 96 valence electrons. The molecule has 2 rings (SSSR count). The molecule has 0 spiro atoms. The summed E-state index contributed by atoms with van der Waals surface area (Å²) in [5.74, 6) is 0.167. The van der Waals surface area contributed by atoms with Crippen molar-refractivity contribution < 1.29 is 8.42 Å². The first-order chi connectivity index (χ1) is 8.13. The topological polar surface area (TPSA) is 53.5 Å². The van der Waals surface area contributed by atoms with Crippen LogP contribution in [-0.2, 0) is 10.0 Å². The number of hydrogen-bond donors (Lipinski definition) is 0. The minimum Gasteiger partial charge on any atom is -0.345 e. The van der Waals surface area contributed by atoms with E-state index in [-0.39, 0.29) is 11.6 Å². The lowest BCUT2D eigenvalue weighted by Gasteiger charge is -2.33. The highest BCUT2D eigenvalue weighted by molar-refractivity contribution is 7.89. The van der Waals surface area contributed by atoms with Gasteiger partial charge in [0.25, 0.3) is 0 Å². The first-order valence-corrected chi connectivity index (χ1v) is 8.34. The minimum absolute atomic E-state index is 0.0197. The smallest absolute Gasteiger partial charge is 0.215 e. The predicted molar refractivity (Wildman–Crippen MR) is 70.4 cm³/mol. The van der Waals surface area contributed by atoms with Crippen molar-refractivity contribution in [1.29, 1.82) is 0 Å². The molecule has 0 atom stereocenters. The fourth-order valence-corrected chi connectivity index (χ4v) is 4.21. The second-order valence-electron chi connectivity index (χ2n) is 3.71. The number of sulfonamides is 1. The number of rotatable bonds is 4. The summed E-state index contributed by atoms with van der Waals surface area (Å²) < 4.78 is 25.1. The van der Waals surface area contributed by atoms with Crippen LogP contribution < -0.4 is 4.90 Å². The maximum absolute atomic E-state index is 11.8. The summed E-state index contributed by atoms with van der Waals surface area (Å²) in [6.45, 7) is 2.40. The normalized spacial score (nSPS) is 18.5. The Bertz CT molecular complexity index is 441. The minimum atomic E-state index is -3.17. The number of hydrogen-bond acceptors (Lipinski definition) is 5. The van der Waals surface area contributed by atoms with Gasteiger partial charge in [0.05, 0.1) is 5.75 Å². The number of nitrogens with zero attached hydrogens (tertiary/aromatic N) is 3. The van der Waals surface area contributed by atoms with Gasteiger partial charge in [0.15, 0.2) is 5.13 Å². The van der Waals surface area contributed by atoms with Gasteiger partial charge in [-0.1, -0.05) is 0 Å². The SMILES string of the molecule is O=S(=O)(CCCl)N1CCN(c2nccs2)CC1. The van der Waals surface area contributed by atoms with Gasteiger partial charge >= 0.3 is 0 Å². The number of thiazole rings is 1. The summed E-state index contributed by atoms with van der Waals surface area (Å²) in [4.78, 5) is 6.33. The van der Waals surface area contributed by atoms with E-state index in [1.807, 2.05) is 5.38 Å². The Balaban J connectivity index is 1.94. The molecule has 8 heteroatoms. The Labute approximate surface area is 110 Å². The van der Waals surface area contributed by atoms with Gasteiger partial charge in [0.2, 0.25) is 10.0 Å². The zero-order chi connectivity index (χ0) is 12.3. The van der Waals surface area contributed by atoms with E-state index in [0.717, 1.165) is 5.13 Å². The van der Waals surface area contributed by atoms with Crippen molar-refractivity contribution in [2.75, 3.05) is 42.7 Å². The molecule has 0 radical (unpaired) electrons. The number of halogens is 1. The van der Waals surface area contributed by atoms with Crippen LogP contribution >= 0.6 is 22.9 Å². The molecule has 1 aliphatic rings. The average Bonchev–Trinajstić information content (AvgIpc) is 2.82. The lowest BCUT2D eigenvalue weighted by Crippen LogP contribution is -2.49. The van der Waals surface area contributed by atoms with Crippen LogP contribution in [0.3, 0.4) is 0 Å². The zero-order valence-electron chi connectivity index (χ0n) is 9.25. The van der Waals surface area contributed by atoms with Gasteiger partial charge < -0.3 is 4.90 Å². The van der Waals surface area contributed by atoms with Crippen LogP contribution in [0.15, 0.2) is 11.6 Å². The Morgan fingerprint density at radius 1 is 1.35 bits per heavy atom. The van der Waals surface area contributed by atoms with Gasteiger partial charge in [0.1, 0.15) is 0 Å². The van der Waals surface area contributed by atoms with Crippen molar-refractivity contribution in [1.82, 2.24) is 9.29 Å². The quantitative estimate of drug-likeness (QED) is 0.772. The Morgan fingerprint density at radius 2 is 2.06 bits per heavy atom. The van der Waals surface area contributed by atoms with Crippen LogP contribution in [0.1, 0.15) is 0 Å². The lowest BCUT2D eigenvalue weighted by molar-refractivity contribution is 0.385. The predicted octanol–water partition coefficient (Wildman–Crippen LogP) is 0.834. The van der Waals surface area contributed by atoms with Crippen LogP contribution in [-0.4, -0.2) is 55.5 Å². The lowest BCUT2D eigenvalue weighted by atomic mass is 10.4. The van der Waals surface area contributed by atoms with Gasteiger partial charge in [0, 0.05) is 43.6 Å². The van der Waals surface area contributed by atoms with Gasteiger partial charge in [-0.15, -0.1) is 22.9 Å². The molecule has 0 aromatic carbocycles. The van der Waals surface area contributed by atoms with E-state index < -0.39 is 10.0 Å². The molecule has 1 aliphatic heterocycles. The van der Waals surface area contributed by atoms with Crippen molar-refractivity contribution >= 4 is 38.1 Å². The summed E-state index contributed by atoms with van der Waals surface area (Å²) in [5, 5.41) is 2.88. The van der Waals surface area contributed by atoms with Crippen LogP contribution in [0.2, 0.25) is 0 Å². The van der Waals surface area contributed by atoms with Crippen LogP contribution in [0.5, 0.6) is 0 Å². The number of aromatic nitrogens is 1. The standard InChI is InChI=1S/C9H14ClN3O2S2/c10-1-8-17(14,15)13-5-3-12(4-6-13)9-11-2-7-16-9/h2,7H,1,3-6,8H2. The molecule has 1 fully saturated rings. The molecular formula is C9H14ClN3O2S2. The van der Waals surface area contributed by atoms with E-state index >= 15 is 0 Å². The molecule has 0 bridgehead atoms. The molecule has 1 aromatic rings.